The highest BCUT2D eigenvalue weighted by molar-refractivity contribution is 7.91. The maximum absolute atomic E-state index is 12.2. The number of aryl methyl sites for hydroxylation is 1. The SMILES string of the molecule is CCc1ccc(S(=O)(=O)N(C)C(C)C(N)=S)s1. The Morgan fingerprint density at radius 1 is 1.59 bits per heavy atom. The number of nitrogens with zero attached hydrogens (tertiary/aromatic N) is 1. The lowest BCUT2D eigenvalue weighted by molar-refractivity contribution is 0.453. The van der Waals surface area contributed by atoms with Crippen molar-refractivity contribution in [3.8, 4) is 0 Å². The van der Waals surface area contributed by atoms with Gasteiger partial charge in [-0.15, -0.1) is 11.3 Å². The van der Waals surface area contributed by atoms with E-state index in [1.54, 1.807) is 13.0 Å². The van der Waals surface area contributed by atoms with Crippen LogP contribution in [0, 0.1) is 0 Å². The maximum Gasteiger partial charge on any atom is 0.252 e. The summed E-state index contributed by atoms with van der Waals surface area (Å²) in [5.41, 5.74) is 5.47. The van der Waals surface area contributed by atoms with Crippen LogP contribution in [0.5, 0.6) is 0 Å². The predicted octanol–water partition coefficient (Wildman–Crippen LogP) is 1.61. The summed E-state index contributed by atoms with van der Waals surface area (Å²) in [7, 11) is -2.00. The minimum Gasteiger partial charge on any atom is -0.392 e. The monoisotopic (exact) mass is 292 g/mol. The van der Waals surface area contributed by atoms with E-state index in [2.05, 4.69) is 0 Å². The van der Waals surface area contributed by atoms with E-state index < -0.39 is 16.1 Å². The van der Waals surface area contributed by atoms with E-state index in [4.69, 9.17) is 18.0 Å². The molecule has 4 nitrogen and oxygen atoms in total. The van der Waals surface area contributed by atoms with Crippen LogP contribution in [-0.2, 0) is 16.4 Å². The van der Waals surface area contributed by atoms with E-state index >= 15 is 0 Å². The number of hydrogen-bond donors (Lipinski definition) is 1. The molecular weight excluding hydrogens is 276 g/mol. The zero-order valence-corrected chi connectivity index (χ0v) is 12.5. The van der Waals surface area contributed by atoms with Crippen molar-refractivity contribution >= 4 is 38.6 Å². The van der Waals surface area contributed by atoms with Gasteiger partial charge in [-0.1, -0.05) is 19.1 Å². The van der Waals surface area contributed by atoms with E-state index in [0.29, 0.717) is 4.21 Å². The summed E-state index contributed by atoms with van der Waals surface area (Å²) in [6.07, 6.45) is 0.828. The van der Waals surface area contributed by atoms with Crippen molar-refractivity contribution in [2.75, 3.05) is 7.05 Å². The molecule has 1 aromatic heterocycles. The van der Waals surface area contributed by atoms with Crippen LogP contribution in [0.2, 0.25) is 0 Å². The van der Waals surface area contributed by atoms with Crippen molar-refractivity contribution < 1.29 is 8.42 Å². The Morgan fingerprint density at radius 2 is 2.18 bits per heavy atom. The summed E-state index contributed by atoms with van der Waals surface area (Å²) in [4.78, 5) is 1.21. The molecule has 0 aliphatic rings. The number of sulfonamides is 1. The summed E-state index contributed by atoms with van der Waals surface area (Å²) in [5.74, 6) is 0. The van der Waals surface area contributed by atoms with Gasteiger partial charge in [0.25, 0.3) is 10.0 Å². The molecule has 0 radical (unpaired) electrons. The first-order valence-electron chi connectivity index (χ1n) is 5.16. The fourth-order valence-electron chi connectivity index (χ4n) is 1.22. The molecule has 0 saturated heterocycles. The molecule has 0 aromatic carbocycles. The van der Waals surface area contributed by atoms with E-state index in [1.807, 2.05) is 13.0 Å². The van der Waals surface area contributed by atoms with Gasteiger partial charge >= 0.3 is 0 Å². The van der Waals surface area contributed by atoms with Crippen LogP contribution in [0.15, 0.2) is 16.3 Å². The largest absolute Gasteiger partial charge is 0.392 e. The molecule has 0 aliphatic carbocycles. The lowest BCUT2D eigenvalue weighted by Gasteiger charge is -2.22. The van der Waals surface area contributed by atoms with Gasteiger partial charge < -0.3 is 5.73 Å². The summed E-state index contributed by atoms with van der Waals surface area (Å²) < 4.78 is 26.0. The third-order valence-corrected chi connectivity index (χ3v) is 6.54. The van der Waals surface area contributed by atoms with E-state index in [1.165, 1.54) is 22.7 Å². The van der Waals surface area contributed by atoms with Gasteiger partial charge in [-0.05, 0) is 25.5 Å². The molecule has 0 spiro atoms. The summed E-state index contributed by atoms with van der Waals surface area (Å²) in [5, 5.41) is 0. The molecule has 1 aromatic rings. The number of rotatable bonds is 5. The molecule has 0 aliphatic heterocycles. The van der Waals surface area contributed by atoms with Crippen LogP contribution in [-0.4, -0.2) is 30.8 Å². The second-order valence-corrected chi connectivity index (χ2v) is 7.54. The first-order valence-corrected chi connectivity index (χ1v) is 7.83. The summed E-state index contributed by atoms with van der Waals surface area (Å²) in [6, 6.07) is 2.97. The zero-order valence-electron chi connectivity index (χ0n) is 10.0. The molecule has 0 fully saturated rings. The molecule has 1 heterocycles. The van der Waals surface area contributed by atoms with E-state index in [0.717, 1.165) is 11.3 Å². The number of hydrogen-bond acceptors (Lipinski definition) is 4. The average Bonchev–Trinajstić information content (AvgIpc) is 2.75. The molecular formula is C10H16N2O2S3. The van der Waals surface area contributed by atoms with Crippen molar-refractivity contribution in [3.63, 3.8) is 0 Å². The van der Waals surface area contributed by atoms with Crippen molar-refractivity contribution in [1.82, 2.24) is 4.31 Å². The van der Waals surface area contributed by atoms with Gasteiger partial charge in [0.2, 0.25) is 0 Å². The third kappa shape index (κ3) is 3.04. The Bertz CT molecular complexity index is 507. The zero-order chi connectivity index (χ0) is 13.2. The minimum atomic E-state index is -3.49. The van der Waals surface area contributed by atoms with Crippen LogP contribution >= 0.6 is 23.6 Å². The van der Waals surface area contributed by atoms with Crippen LogP contribution in [0.25, 0.3) is 0 Å². The molecule has 0 bridgehead atoms. The Labute approximate surface area is 111 Å². The molecule has 1 unspecified atom stereocenters. The average molecular weight is 292 g/mol. The summed E-state index contributed by atoms with van der Waals surface area (Å²) >= 11 is 6.10. The Hall–Kier alpha value is -0.500. The fourth-order valence-corrected chi connectivity index (χ4v) is 4.26. The van der Waals surface area contributed by atoms with Crippen LogP contribution in [0.1, 0.15) is 18.7 Å². The Kier molecular flexibility index (Phi) is 4.65. The van der Waals surface area contributed by atoms with Crippen molar-refractivity contribution in [2.24, 2.45) is 5.73 Å². The molecule has 1 rings (SSSR count). The van der Waals surface area contributed by atoms with Crippen molar-refractivity contribution in [2.45, 2.75) is 30.5 Å². The van der Waals surface area contributed by atoms with Crippen molar-refractivity contribution in [3.05, 3.63) is 17.0 Å². The normalized spacial score (nSPS) is 13.9. The van der Waals surface area contributed by atoms with Gasteiger partial charge in [0.15, 0.2) is 0 Å². The second-order valence-electron chi connectivity index (χ2n) is 3.67. The number of thiophene rings is 1. The standard InChI is InChI=1S/C10H16N2O2S3/c1-4-8-5-6-9(16-8)17(13,14)12(3)7(2)10(11)15/h5-7H,4H2,1-3H3,(H2,11,15). The molecule has 0 amide bonds. The van der Waals surface area contributed by atoms with Gasteiger partial charge in [-0.25, -0.2) is 8.42 Å². The second kappa shape index (κ2) is 5.43. The first kappa shape index (κ1) is 14.6. The highest BCUT2D eigenvalue weighted by Crippen LogP contribution is 2.25. The lowest BCUT2D eigenvalue weighted by Crippen LogP contribution is -2.42. The quantitative estimate of drug-likeness (QED) is 0.837. The number of nitrogens with two attached hydrogens (primary N) is 1. The molecule has 17 heavy (non-hydrogen) atoms. The topological polar surface area (TPSA) is 63.4 Å². The Morgan fingerprint density at radius 3 is 2.59 bits per heavy atom. The summed E-state index contributed by atoms with van der Waals surface area (Å²) in [6.45, 7) is 3.66. The molecule has 96 valence electrons. The smallest absolute Gasteiger partial charge is 0.252 e. The lowest BCUT2D eigenvalue weighted by atomic mass is 10.3. The molecule has 7 heteroatoms. The predicted molar refractivity (Wildman–Crippen MR) is 74.9 cm³/mol. The fraction of sp³-hybridized carbons (Fsp3) is 0.500. The van der Waals surface area contributed by atoms with Gasteiger partial charge in [0, 0.05) is 11.9 Å². The van der Waals surface area contributed by atoms with Gasteiger partial charge in [-0.2, -0.15) is 4.31 Å². The highest BCUT2D eigenvalue weighted by atomic mass is 32.2. The van der Waals surface area contributed by atoms with Crippen molar-refractivity contribution in [1.29, 1.82) is 0 Å². The maximum atomic E-state index is 12.2. The van der Waals surface area contributed by atoms with Gasteiger partial charge in [0.05, 0.1) is 11.0 Å². The van der Waals surface area contributed by atoms with E-state index in [9.17, 15) is 8.42 Å². The van der Waals surface area contributed by atoms with Crippen LogP contribution in [0.4, 0.5) is 0 Å². The minimum absolute atomic E-state index is 0.170. The van der Waals surface area contributed by atoms with Gasteiger partial charge in [-0.3, -0.25) is 0 Å². The van der Waals surface area contributed by atoms with Crippen LogP contribution < -0.4 is 5.73 Å². The third-order valence-electron chi connectivity index (χ3n) is 2.58. The number of thiocarbonyl (C=S) groups is 1. The highest BCUT2D eigenvalue weighted by Gasteiger charge is 2.27. The first-order chi connectivity index (χ1) is 7.80. The molecule has 2 N–H and O–H groups in total. The van der Waals surface area contributed by atoms with Crippen LogP contribution in [0.3, 0.4) is 0 Å². The van der Waals surface area contributed by atoms with E-state index in [-0.39, 0.29) is 4.99 Å². The molecule has 0 saturated carbocycles. The number of likely N-dealkylation sites (N-methyl/N-ethyl adjacent to an activating group) is 1. The van der Waals surface area contributed by atoms with Gasteiger partial charge in [0.1, 0.15) is 4.21 Å². The molecule has 1 atom stereocenters. The Balaban J connectivity index is 3.06.